The number of benzene rings is 2. The molecule has 0 bridgehead atoms. The topological polar surface area (TPSA) is 125 Å². The molecule has 0 radical (unpaired) electrons. The van der Waals surface area contributed by atoms with Crippen LogP contribution in [0, 0.1) is 19.3 Å². The molecule has 2 aliphatic rings. The van der Waals surface area contributed by atoms with E-state index in [4.69, 9.17) is 19.7 Å². The summed E-state index contributed by atoms with van der Waals surface area (Å²) in [6.07, 6.45) is 10.4. The molecule has 2 fully saturated rings. The number of hydrogen-bond acceptors (Lipinski definition) is 10. The molecule has 0 amide bonds. The number of carboxylic acids is 1. The first-order chi connectivity index (χ1) is 23.0. The third-order valence-corrected chi connectivity index (χ3v) is 10.4. The standard InChI is InChI=1S/C37H45N7O3S/c1-24-9-6-10-25(2)33(24)30-18-32(42-35(41-30)43-48-29-14-7-11-26(17-29)34(45)46)47-23-37(16-15-36(3,4)22-37)39-20-27-19-38-21-31(40-27)44(5)28-12-8-13-28/h6-7,9-11,14,17-19,21,28,39H,8,12-13,15-16,20,22-23H2,1-5H3,(H,45,46)(H,41,42,43). The average Bonchev–Trinajstić information content (AvgIpc) is 3.35. The van der Waals surface area contributed by atoms with Crippen LogP contribution in [0.5, 0.6) is 5.88 Å². The van der Waals surface area contributed by atoms with Crippen molar-refractivity contribution in [2.24, 2.45) is 5.41 Å². The first-order valence-electron chi connectivity index (χ1n) is 16.6. The lowest BCUT2D eigenvalue weighted by Crippen LogP contribution is -2.48. The highest BCUT2D eigenvalue weighted by Gasteiger charge is 2.44. The zero-order chi connectivity index (χ0) is 33.9. The van der Waals surface area contributed by atoms with Crippen LogP contribution in [-0.2, 0) is 6.54 Å². The third kappa shape index (κ3) is 7.90. The van der Waals surface area contributed by atoms with Gasteiger partial charge in [-0.1, -0.05) is 38.1 Å². The van der Waals surface area contributed by atoms with E-state index in [0.717, 1.165) is 58.1 Å². The summed E-state index contributed by atoms with van der Waals surface area (Å²) in [5.41, 5.74) is 5.03. The molecule has 1 unspecified atom stereocenters. The average molecular weight is 668 g/mol. The van der Waals surface area contributed by atoms with Gasteiger partial charge in [-0.25, -0.2) is 14.8 Å². The van der Waals surface area contributed by atoms with Gasteiger partial charge in [0.2, 0.25) is 11.8 Å². The van der Waals surface area contributed by atoms with Gasteiger partial charge < -0.3 is 20.1 Å². The van der Waals surface area contributed by atoms with Crippen LogP contribution in [0.1, 0.15) is 79.6 Å². The van der Waals surface area contributed by atoms with Gasteiger partial charge in [0.1, 0.15) is 12.4 Å². The van der Waals surface area contributed by atoms with Gasteiger partial charge in [0.05, 0.1) is 28.7 Å². The minimum absolute atomic E-state index is 0.164. The Balaban J connectivity index is 1.23. The molecule has 2 heterocycles. The Labute approximate surface area is 287 Å². The van der Waals surface area contributed by atoms with E-state index in [2.05, 4.69) is 66.8 Å². The quantitative estimate of drug-likeness (QED) is 0.123. The van der Waals surface area contributed by atoms with Crippen LogP contribution in [-0.4, -0.2) is 56.2 Å². The molecule has 0 spiro atoms. The lowest BCUT2D eigenvalue weighted by molar-refractivity contribution is 0.0696. The maximum atomic E-state index is 11.5. The molecule has 10 nitrogen and oxygen atoms in total. The van der Waals surface area contributed by atoms with Crippen molar-refractivity contribution in [1.29, 1.82) is 0 Å². The molecular formula is C37H45N7O3S. The number of hydrogen-bond donors (Lipinski definition) is 3. The van der Waals surface area contributed by atoms with E-state index in [9.17, 15) is 9.90 Å². The van der Waals surface area contributed by atoms with Crippen LogP contribution in [0.2, 0.25) is 0 Å². The van der Waals surface area contributed by atoms with Gasteiger partial charge in [0.25, 0.3) is 0 Å². The highest BCUT2D eigenvalue weighted by molar-refractivity contribution is 8.00. The predicted octanol–water partition coefficient (Wildman–Crippen LogP) is 7.47. The second-order valence-electron chi connectivity index (χ2n) is 14.0. The van der Waals surface area contributed by atoms with Gasteiger partial charge in [0.15, 0.2) is 0 Å². The van der Waals surface area contributed by atoms with E-state index >= 15 is 0 Å². The summed E-state index contributed by atoms with van der Waals surface area (Å²) in [5.74, 6) is 0.801. The molecule has 0 saturated heterocycles. The third-order valence-electron chi connectivity index (χ3n) is 9.67. The first kappa shape index (κ1) is 33.7. The lowest BCUT2D eigenvalue weighted by Gasteiger charge is -2.35. The summed E-state index contributed by atoms with van der Waals surface area (Å²) in [6, 6.07) is 15.4. The van der Waals surface area contributed by atoms with Gasteiger partial charge in [0, 0.05) is 42.4 Å². The Morgan fingerprint density at radius 3 is 2.50 bits per heavy atom. The molecule has 6 rings (SSSR count). The zero-order valence-corrected chi connectivity index (χ0v) is 29.2. The molecule has 3 N–H and O–H groups in total. The number of anilines is 2. The van der Waals surface area contributed by atoms with E-state index in [-0.39, 0.29) is 16.5 Å². The van der Waals surface area contributed by atoms with Crippen LogP contribution >= 0.6 is 11.9 Å². The molecule has 11 heteroatoms. The number of aryl methyl sites for hydroxylation is 2. The maximum absolute atomic E-state index is 11.5. The Morgan fingerprint density at radius 1 is 1.04 bits per heavy atom. The lowest BCUT2D eigenvalue weighted by atomic mass is 9.88. The van der Waals surface area contributed by atoms with Crippen LogP contribution < -0.4 is 19.7 Å². The molecule has 0 aliphatic heterocycles. The minimum atomic E-state index is -0.972. The fourth-order valence-corrected chi connectivity index (χ4v) is 7.42. The summed E-state index contributed by atoms with van der Waals surface area (Å²) in [4.78, 5) is 33.6. The number of nitrogens with zero attached hydrogens (tertiary/aromatic N) is 5. The molecule has 2 aliphatic carbocycles. The summed E-state index contributed by atoms with van der Waals surface area (Å²) in [6.45, 7) is 9.80. The van der Waals surface area contributed by atoms with Gasteiger partial charge in [-0.15, -0.1) is 0 Å². The second kappa shape index (κ2) is 14.1. The number of ether oxygens (including phenoxy) is 1. The van der Waals surface area contributed by atoms with Crippen LogP contribution in [0.3, 0.4) is 0 Å². The number of rotatable bonds is 13. The molecule has 252 valence electrons. The van der Waals surface area contributed by atoms with Gasteiger partial charge in [-0.3, -0.25) is 9.71 Å². The predicted molar refractivity (Wildman–Crippen MR) is 191 cm³/mol. The summed E-state index contributed by atoms with van der Waals surface area (Å²) in [5, 5.41) is 13.3. The van der Waals surface area contributed by atoms with Crippen molar-refractivity contribution in [3.8, 4) is 17.1 Å². The molecule has 2 aromatic heterocycles. The molecule has 2 aromatic carbocycles. The maximum Gasteiger partial charge on any atom is 0.335 e. The van der Waals surface area contributed by atoms with Gasteiger partial charge in [-0.2, -0.15) is 4.98 Å². The summed E-state index contributed by atoms with van der Waals surface area (Å²) < 4.78 is 9.82. The van der Waals surface area contributed by atoms with Crippen LogP contribution in [0.25, 0.3) is 11.3 Å². The van der Waals surface area contributed by atoms with Crippen LogP contribution in [0.4, 0.5) is 11.8 Å². The zero-order valence-electron chi connectivity index (χ0n) is 28.4. The molecule has 2 saturated carbocycles. The highest BCUT2D eigenvalue weighted by Crippen LogP contribution is 2.44. The Hall–Kier alpha value is -4.22. The van der Waals surface area contributed by atoms with Gasteiger partial charge >= 0.3 is 5.97 Å². The molecule has 4 aromatic rings. The number of aromatic nitrogens is 4. The van der Waals surface area contributed by atoms with E-state index in [1.807, 2.05) is 30.6 Å². The fourth-order valence-electron chi connectivity index (χ4n) is 6.79. The van der Waals surface area contributed by atoms with Crippen molar-refractivity contribution in [2.45, 2.75) is 89.2 Å². The monoisotopic (exact) mass is 667 g/mol. The second-order valence-corrected chi connectivity index (χ2v) is 14.9. The highest BCUT2D eigenvalue weighted by atomic mass is 32.2. The van der Waals surface area contributed by atoms with Crippen LogP contribution in [0.15, 0.2) is 65.8 Å². The summed E-state index contributed by atoms with van der Waals surface area (Å²) in [7, 11) is 2.11. The van der Waals surface area contributed by atoms with Crippen molar-refractivity contribution in [1.82, 2.24) is 25.3 Å². The summed E-state index contributed by atoms with van der Waals surface area (Å²) >= 11 is 1.26. The van der Waals surface area contributed by atoms with E-state index < -0.39 is 5.97 Å². The number of nitrogens with one attached hydrogen (secondary N) is 2. The molecule has 48 heavy (non-hydrogen) atoms. The first-order valence-corrected chi connectivity index (χ1v) is 17.4. The smallest absolute Gasteiger partial charge is 0.335 e. The number of carboxylic acid groups (broad SMARTS) is 1. The Morgan fingerprint density at radius 2 is 1.81 bits per heavy atom. The van der Waals surface area contributed by atoms with Crippen molar-refractivity contribution < 1.29 is 14.6 Å². The van der Waals surface area contributed by atoms with Crippen molar-refractivity contribution >= 4 is 29.7 Å². The Kier molecular flexibility index (Phi) is 9.89. The molecule has 1 atom stereocenters. The largest absolute Gasteiger partial charge is 0.478 e. The SMILES string of the molecule is Cc1cccc(C)c1-c1cc(OCC2(NCc3cncc(N(C)C4CCC4)n3)CCC(C)(C)C2)nc(NSc2cccc(C(=O)O)c2)n1. The van der Waals surface area contributed by atoms with E-state index in [0.29, 0.717) is 31.0 Å². The van der Waals surface area contributed by atoms with E-state index in [1.54, 1.807) is 18.2 Å². The Bertz CT molecular complexity index is 1760. The number of aromatic carboxylic acids is 1. The number of carbonyl (C=O) groups is 1. The normalized spacial score (nSPS) is 18.7. The van der Waals surface area contributed by atoms with Crippen molar-refractivity contribution in [3.05, 3.63) is 83.3 Å². The minimum Gasteiger partial charge on any atom is -0.478 e. The van der Waals surface area contributed by atoms with E-state index in [1.165, 1.54) is 31.2 Å². The fraction of sp³-hybridized carbons (Fsp3) is 0.432. The molecular weight excluding hydrogens is 623 g/mol. The van der Waals surface area contributed by atoms with Crippen molar-refractivity contribution in [3.63, 3.8) is 0 Å². The van der Waals surface area contributed by atoms with Crippen molar-refractivity contribution in [2.75, 3.05) is 23.3 Å². The van der Waals surface area contributed by atoms with Gasteiger partial charge in [-0.05, 0) is 99.1 Å².